The molecule has 18 heavy (non-hydrogen) atoms. The van der Waals surface area contributed by atoms with Gasteiger partial charge in [0.25, 0.3) is 0 Å². The first-order valence-electron chi connectivity index (χ1n) is 6.07. The smallest absolute Gasteiger partial charge is 0.319 e. The van der Waals surface area contributed by atoms with E-state index in [1.165, 1.54) is 0 Å². The molecule has 0 radical (unpaired) electrons. The van der Waals surface area contributed by atoms with Gasteiger partial charge >= 0.3 is 6.03 Å². The maximum Gasteiger partial charge on any atom is 0.319 e. The molecule has 0 saturated heterocycles. The highest BCUT2D eigenvalue weighted by atomic mass is 16.2. The van der Waals surface area contributed by atoms with Crippen molar-refractivity contribution < 1.29 is 9.59 Å². The maximum atomic E-state index is 11.5. The van der Waals surface area contributed by atoms with Gasteiger partial charge in [0.15, 0.2) is 0 Å². The van der Waals surface area contributed by atoms with Crippen molar-refractivity contribution in [1.29, 1.82) is 0 Å². The van der Waals surface area contributed by atoms with Crippen molar-refractivity contribution in [1.82, 2.24) is 5.32 Å². The summed E-state index contributed by atoms with van der Waals surface area (Å²) in [5.41, 5.74) is 2.75. The van der Waals surface area contributed by atoms with Crippen molar-refractivity contribution in [2.24, 2.45) is 0 Å². The molecule has 0 unspecified atom stereocenters. The first kappa shape index (κ1) is 12.4. The monoisotopic (exact) mass is 247 g/mol. The minimum Gasteiger partial charge on any atom is -0.338 e. The molecule has 1 aliphatic heterocycles. The zero-order chi connectivity index (χ0) is 13.1. The fraction of sp³-hybridized carbons (Fsp3) is 0.385. The Bertz CT molecular complexity index is 485. The van der Waals surface area contributed by atoms with Crippen molar-refractivity contribution in [3.63, 3.8) is 0 Å². The summed E-state index contributed by atoms with van der Waals surface area (Å²) in [6.07, 6.45) is 0.871. The van der Waals surface area contributed by atoms with Crippen LogP contribution in [0.25, 0.3) is 0 Å². The lowest BCUT2D eigenvalue weighted by Crippen LogP contribution is -2.28. The number of rotatable bonds is 2. The summed E-state index contributed by atoms with van der Waals surface area (Å²) in [5.74, 6) is 0.0314. The molecule has 1 heterocycles. The first-order chi connectivity index (χ1) is 8.61. The maximum absolute atomic E-state index is 11.5. The van der Waals surface area contributed by atoms with Crippen LogP contribution in [-0.4, -0.2) is 25.0 Å². The molecule has 0 saturated carbocycles. The van der Waals surface area contributed by atoms with Gasteiger partial charge in [0.05, 0.1) is 0 Å². The quantitative estimate of drug-likeness (QED) is 0.836. The molecule has 1 aromatic carbocycles. The highest BCUT2D eigenvalue weighted by molar-refractivity contribution is 5.96. The van der Waals surface area contributed by atoms with Crippen LogP contribution in [-0.2, 0) is 11.2 Å². The van der Waals surface area contributed by atoms with Crippen molar-refractivity contribution >= 4 is 23.3 Å². The van der Waals surface area contributed by atoms with E-state index in [1.807, 2.05) is 25.1 Å². The number of carbonyl (C=O) groups excluding carboxylic acids is 2. The molecule has 1 aromatic rings. The Kier molecular flexibility index (Phi) is 3.50. The highest BCUT2D eigenvalue weighted by Crippen LogP contribution is 2.30. The Morgan fingerprint density at radius 3 is 2.83 bits per heavy atom. The van der Waals surface area contributed by atoms with Crippen LogP contribution >= 0.6 is 0 Å². The van der Waals surface area contributed by atoms with Gasteiger partial charge in [-0.15, -0.1) is 0 Å². The van der Waals surface area contributed by atoms with Crippen LogP contribution in [0.5, 0.6) is 0 Å². The van der Waals surface area contributed by atoms with E-state index in [1.54, 1.807) is 11.8 Å². The Balaban J connectivity index is 2.19. The van der Waals surface area contributed by atoms with Gasteiger partial charge in [-0.3, -0.25) is 4.79 Å². The minimum atomic E-state index is -0.232. The molecule has 2 rings (SSSR count). The summed E-state index contributed by atoms with van der Waals surface area (Å²) in [6.45, 7) is 4.71. The summed E-state index contributed by atoms with van der Waals surface area (Å²) >= 11 is 0. The zero-order valence-electron chi connectivity index (χ0n) is 10.6. The van der Waals surface area contributed by atoms with Crippen LogP contribution in [0.2, 0.25) is 0 Å². The van der Waals surface area contributed by atoms with E-state index < -0.39 is 0 Å². The third-order valence-corrected chi connectivity index (χ3v) is 2.96. The van der Waals surface area contributed by atoms with E-state index in [0.717, 1.165) is 24.2 Å². The molecular weight excluding hydrogens is 230 g/mol. The number of urea groups is 1. The second-order valence-corrected chi connectivity index (χ2v) is 4.25. The molecule has 0 fully saturated rings. The molecule has 1 aliphatic rings. The third kappa shape index (κ3) is 2.45. The molecule has 3 amide bonds. The largest absolute Gasteiger partial charge is 0.338 e. The average Bonchev–Trinajstić information content (AvgIpc) is 2.72. The molecule has 0 spiro atoms. The number of carbonyl (C=O) groups is 2. The van der Waals surface area contributed by atoms with Crippen molar-refractivity contribution in [2.75, 3.05) is 23.3 Å². The van der Waals surface area contributed by atoms with Crippen LogP contribution in [0.1, 0.15) is 19.4 Å². The van der Waals surface area contributed by atoms with E-state index in [9.17, 15) is 9.59 Å². The zero-order valence-corrected chi connectivity index (χ0v) is 10.6. The fourth-order valence-corrected chi connectivity index (χ4v) is 2.12. The fourth-order valence-electron chi connectivity index (χ4n) is 2.12. The van der Waals surface area contributed by atoms with E-state index in [-0.39, 0.29) is 11.9 Å². The normalized spacial score (nSPS) is 13.1. The molecule has 0 aromatic heterocycles. The highest BCUT2D eigenvalue weighted by Gasteiger charge is 2.22. The number of anilines is 2. The molecule has 5 nitrogen and oxygen atoms in total. The van der Waals surface area contributed by atoms with E-state index >= 15 is 0 Å². The molecule has 96 valence electrons. The van der Waals surface area contributed by atoms with Crippen molar-refractivity contribution in [2.45, 2.75) is 20.3 Å². The van der Waals surface area contributed by atoms with Crippen LogP contribution < -0.4 is 15.5 Å². The minimum absolute atomic E-state index is 0.0314. The van der Waals surface area contributed by atoms with Gasteiger partial charge < -0.3 is 15.5 Å². The van der Waals surface area contributed by atoms with Gasteiger partial charge in [-0.05, 0) is 31.0 Å². The molecule has 5 heteroatoms. The van der Waals surface area contributed by atoms with Gasteiger partial charge in [0, 0.05) is 31.4 Å². The van der Waals surface area contributed by atoms with Gasteiger partial charge in [-0.1, -0.05) is 6.07 Å². The first-order valence-corrected chi connectivity index (χ1v) is 6.07. The summed E-state index contributed by atoms with van der Waals surface area (Å²) in [6, 6.07) is 5.43. The van der Waals surface area contributed by atoms with Gasteiger partial charge in [0.1, 0.15) is 0 Å². The van der Waals surface area contributed by atoms with E-state index in [0.29, 0.717) is 12.2 Å². The Morgan fingerprint density at radius 1 is 1.39 bits per heavy atom. The molecule has 2 N–H and O–H groups in total. The number of fused-ring (bicyclic) bond motifs is 1. The lowest BCUT2D eigenvalue weighted by atomic mass is 10.1. The predicted octanol–water partition coefficient (Wildman–Crippen LogP) is 1.74. The summed E-state index contributed by atoms with van der Waals surface area (Å²) < 4.78 is 0. The average molecular weight is 247 g/mol. The second kappa shape index (κ2) is 5.08. The molecular formula is C13H17N3O2. The van der Waals surface area contributed by atoms with Gasteiger partial charge in [0.2, 0.25) is 5.91 Å². The summed E-state index contributed by atoms with van der Waals surface area (Å²) in [4.78, 5) is 24.6. The number of amides is 3. The standard InChI is InChI=1S/C13H17N3O2/c1-3-14-13(18)15-11-5-4-10-6-7-16(9(2)17)12(10)8-11/h4-5,8H,3,6-7H2,1-2H3,(H2,14,15,18). The van der Waals surface area contributed by atoms with Crippen molar-refractivity contribution in [3.05, 3.63) is 23.8 Å². The summed E-state index contributed by atoms with van der Waals surface area (Å²) in [7, 11) is 0. The van der Waals surface area contributed by atoms with E-state index in [4.69, 9.17) is 0 Å². The topological polar surface area (TPSA) is 61.4 Å². The van der Waals surface area contributed by atoms with Crippen LogP contribution in [0.4, 0.5) is 16.2 Å². The SMILES string of the molecule is CCNC(=O)Nc1ccc2c(c1)N(C(C)=O)CC2. The lowest BCUT2D eigenvalue weighted by molar-refractivity contribution is -0.116. The van der Waals surface area contributed by atoms with Crippen LogP contribution in [0, 0.1) is 0 Å². The number of hydrogen-bond donors (Lipinski definition) is 2. The van der Waals surface area contributed by atoms with Gasteiger partial charge in [-0.2, -0.15) is 0 Å². The molecule has 0 aliphatic carbocycles. The van der Waals surface area contributed by atoms with Crippen molar-refractivity contribution in [3.8, 4) is 0 Å². The number of nitrogens with one attached hydrogen (secondary N) is 2. The Hall–Kier alpha value is -2.04. The van der Waals surface area contributed by atoms with Crippen LogP contribution in [0.3, 0.4) is 0 Å². The number of nitrogens with zero attached hydrogens (tertiary/aromatic N) is 1. The second-order valence-electron chi connectivity index (χ2n) is 4.25. The number of benzene rings is 1. The lowest BCUT2D eigenvalue weighted by Gasteiger charge is -2.15. The molecule has 0 atom stereocenters. The molecule has 0 bridgehead atoms. The van der Waals surface area contributed by atoms with Gasteiger partial charge in [-0.25, -0.2) is 4.79 Å². The predicted molar refractivity (Wildman–Crippen MR) is 70.9 cm³/mol. The Labute approximate surface area is 106 Å². The van der Waals surface area contributed by atoms with E-state index in [2.05, 4.69) is 10.6 Å². The summed E-state index contributed by atoms with van der Waals surface area (Å²) in [5, 5.41) is 5.41. The third-order valence-electron chi connectivity index (χ3n) is 2.96. The number of hydrogen-bond acceptors (Lipinski definition) is 2. The van der Waals surface area contributed by atoms with Crippen LogP contribution in [0.15, 0.2) is 18.2 Å². The Morgan fingerprint density at radius 2 is 2.17 bits per heavy atom.